The van der Waals surface area contributed by atoms with Crippen LogP contribution in [0.2, 0.25) is 0 Å². The minimum absolute atomic E-state index is 0.0579. The minimum atomic E-state index is -1.11. The maximum atomic E-state index is 10.2. The predicted octanol–water partition coefficient (Wildman–Crippen LogP) is 1.52. The number of carboxylic acid groups (broad SMARTS) is 1. The van der Waals surface area contributed by atoms with Crippen LogP contribution < -0.4 is 0 Å². The summed E-state index contributed by atoms with van der Waals surface area (Å²) < 4.78 is 4.27. The first-order valence-corrected chi connectivity index (χ1v) is 4.33. The van der Waals surface area contributed by atoms with E-state index in [2.05, 4.69) is 17.9 Å². The molecule has 0 aromatic carbocycles. The van der Waals surface area contributed by atoms with E-state index >= 15 is 0 Å². The topological polar surface area (TPSA) is 87.4 Å². The van der Waals surface area contributed by atoms with Gasteiger partial charge in [-0.1, -0.05) is 13.2 Å². The molecule has 0 saturated carbocycles. The summed E-state index contributed by atoms with van der Waals surface area (Å²) in [5.41, 5.74) is 0.375. The molecule has 16 heavy (non-hydrogen) atoms. The Hall–Kier alpha value is -2.09. The summed E-state index contributed by atoms with van der Waals surface area (Å²) in [6.45, 7) is 9.65. The molecule has 0 aromatic rings. The Morgan fingerprint density at radius 3 is 1.94 bits per heavy atom. The van der Waals surface area contributed by atoms with E-state index in [0.29, 0.717) is 5.57 Å². The molecule has 0 spiro atoms. The fourth-order valence-corrected chi connectivity index (χ4v) is 0.437. The summed E-state index contributed by atoms with van der Waals surface area (Å²) in [5.74, 6) is -2.05. The quantitative estimate of drug-likeness (QED) is 0.581. The number of methoxy groups -OCH3 is 1. The number of hydrogen-bond acceptors (Lipinski definition) is 4. The zero-order valence-electron chi connectivity index (χ0n) is 9.61. The van der Waals surface area contributed by atoms with Crippen LogP contribution in [0.3, 0.4) is 0 Å². The molecule has 1 N–H and O–H groups in total. The van der Waals surface area contributed by atoms with Crippen molar-refractivity contribution in [1.82, 2.24) is 0 Å². The van der Waals surface area contributed by atoms with Gasteiger partial charge in [-0.15, -0.1) is 0 Å². The second-order valence-electron chi connectivity index (χ2n) is 2.95. The number of aliphatic carboxylic acids is 1. The van der Waals surface area contributed by atoms with Crippen LogP contribution in [0, 0.1) is 17.2 Å². The molecule has 0 aliphatic heterocycles. The highest BCUT2D eigenvalue weighted by molar-refractivity contribution is 5.87. The molecule has 0 saturated heterocycles. The van der Waals surface area contributed by atoms with E-state index in [9.17, 15) is 9.59 Å². The molecule has 0 rings (SSSR count). The molecule has 0 radical (unpaired) electrons. The fourth-order valence-electron chi connectivity index (χ4n) is 0.437. The highest BCUT2D eigenvalue weighted by atomic mass is 16.5. The average Bonchev–Trinajstić information content (AvgIpc) is 2.26. The number of hydrogen-bond donors (Lipinski definition) is 1. The summed E-state index contributed by atoms with van der Waals surface area (Å²) in [6, 6.07) is 1.77. The lowest BCUT2D eigenvalue weighted by Gasteiger charge is -1.97. The van der Waals surface area contributed by atoms with Gasteiger partial charge in [0.05, 0.1) is 19.1 Å². The zero-order valence-corrected chi connectivity index (χ0v) is 9.61. The molecule has 0 bridgehead atoms. The monoisotopic (exact) mass is 225 g/mol. The summed E-state index contributed by atoms with van der Waals surface area (Å²) in [4.78, 5) is 20.2. The van der Waals surface area contributed by atoms with Gasteiger partial charge >= 0.3 is 11.9 Å². The maximum Gasteiger partial charge on any atom is 0.332 e. The van der Waals surface area contributed by atoms with Gasteiger partial charge < -0.3 is 9.84 Å². The molecular weight excluding hydrogens is 210 g/mol. The van der Waals surface area contributed by atoms with Gasteiger partial charge in [-0.25, -0.2) is 9.59 Å². The van der Waals surface area contributed by atoms with E-state index in [0.717, 1.165) is 0 Å². The molecule has 0 amide bonds. The molecule has 0 fully saturated rings. The summed E-state index contributed by atoms with van der Waals surface area (Å²) in [7, 11) is 1.33. The van der Waals surface area contributed by atoms with Crippen molar-refractivity contribution in [2.75, 3.05) is 7.11 Å². The number of nitrogens with zero attached hydrogens (tertiary/aromatic N) is 1. The van der Waals surface area contributed by atoms with Crippen molar-refractivity contribution in [2.45, 2.75) is 13.8 Å². The van der Waals surface area contributed by atoms with Gasteiger partial charge in [0.25, 0.3) is 0 Å². The van der Waals surface area contributed by atoms with Crippen LogP contribution in [0.25, 0.3) is 0 Å². The lowest BCUT2D eigenvalue weighted by molar-refractivity contribution is -0.136. The van der Waals surface area contributed by atoms with E-state index in [1.54, 1.807) is 13.0 Å². The van der Waals surface area contributed by atoms with Crippen molar-refractivity contribution < 1.29 is 19.4 Å². The first-order chi connectivity index (χ1) is 7.27. The summed E-state index contributed by atoms with van der Waals surface area (Å²) in [5, 5.41) is 16.4. The van der Waals surface area contributed by atoms with Gasteiger partial charge in [-0.3, -0.25) is 0 Å². The van der Waals surface area contributed by atoms with Gasteiger partial charge in [0, 0.05) is 11.1 Å². The molecule has 5 nitrogen and oxygen atoms in total. The molecule has 0 aliphatic rings. The highest BCUT2D eigenvalue weighted by Gasteiger charge is 2.11. The second-order valence-corrected chi connectivity index (χ2v) is 2.95. The Morgan fingerprint density at radius 2 is 1.88 bits per heavy atom. The molecule has 0 heterocycles. The average molecular weight is 225 g/mol. The number of carbonyl (C=O) groups is 2. The van der Waals surface area contributed by atoms with Crippen LogP contribution in [0.1, 0.15) is 13.8 Å². The number of ether oxygens (including phenoxy) is 1. The third-order valence-electron chi connectivity index (χ3n) is 1.52. The van der Waals surface area contributed by atoms with Crippen molar-refractivity contribution in [3.63, 3.8) is 0 Å². The van der Waals surface area contributed by atoms with E-state index in [4.69, 9.17) is 10.4 Å². The first kappa shape index (κ1) is 16.3. The number of carboxylic acids is 1. The normalized spacial score (nSPS) is 9.88. The van der Waals surface area contributed by atoms with Crippen LogP contribution in [0.15, 0.2) is 24.3 Å². The molecule has 1 unspecified atom stereocenters. The Balaban J connectivity index is 0. The number of carbonyl (C=O) groups excluding carboxylic acids is 1. The Labute approximate surface area is 94.6 Å². The number of esters is 1. The number of rotatable bonds is 3. The first-order valence-electron chi connectivity index (χ1n) is 4.33. The minimum Gasteiger partial charge on any atom is -0.478 e. The summed E-state index contributed by atoms with van der Waals surface area (Å²) >= 11 is 0. The lowest BCUT2D eigenvalue weighted by atomic mass is 10.1. The van der Waals surface area contributed by atoms with Gasteiger partial charge in [0.15, 0.2) is 0 Å². The van der Waals surface area contributed by atoms with Gasteiger partial charge in [-0.2, -0.15) is 5.26 Å². The highest BCUT2D eigenvalue weighted by Crippen LogP contribution is 2.05. The van der Waals surface area contributed by atoms with Crippen molar-refractivity contribution >= 4 is 11.9 Å². The lowest BCUT2D eigenvalue weighted by Crippen LogP contribution is -2.05. The van der Waals surface area contributed by atoms with Crippen LogP contribution in [0.5, 0.6) is 0 Å². The van der Waals surface area contributed by atoms with Gasteiger partial charge in [0.1, 0.15) is 0 Å². The van der Waals surface area contributed by atoms with E-state index in [-0.39, 0.29) is 11.5 Å². The van der Waals surface area contributed by atoms with E-state index in [1.807, 2.05) is 0 Å². The van der Waals surface area contributed by atoms with Crippen molar-refractivity contribution in [3.8, 4) is 6.07 Å². The number of nitriles is 1. The second kappa shape index (κ2) is 8.24. The molecule has 5 heteroatoms. The zero-order chi connectivity index (χ0) is 13.3. The van der Waals surface area contributed by atoms with Crippen LogP contribution in [-0.2, 0) is 14.3 Å². The molecule has 0 aliphatic carbocycles. The molecule has 1 atom stereocenters. The Bertz CT molecular complexity index is 338. The standard InChI is InChI=1S/C6H7NO2.C5H8O2/c1-4(3-7)5(2)6(8)9;1-4(2)5(6)7-3/h4H,2H2,1H3,(H,8,9);1H2,2-3H3. The SMILES string of the molecule is C=C(C(=O)O)C(C)C#N.C=C(C)C(=O)OC. The smallest absolute Gasteiger partial charge is 0.332 e. The van der Waals surface area contributed by atoms with E-state index in [1.165, 1.54) is 14.0 Å². The van der Waals surface area contributed by atoms with Crippen molar-refractivity contribution in [3.05, 3.63) is 24.3 Å². The van der Waals surface area contributed by atoms with Crippen molar-refractivity contribution in [2.24, 2.45) is 5.92 Å². The molecular formula is C11H15NO4. The predicted molar refractivity (Wildman–Crippen MR) is 58.4 cm³/mol. The van der Waals surface area contributed by atoms with Gasteiger partial charge in [-0.05, 0) is 13.8 Å². The van der Waals surface area contributed by atoms with Crippen LogP contribution in [0.4, 0.5) is 0 Å². The maximum absolute atomic E-state index is 10.2. The third-order valence-corrected chi connectivity index (χ3v) is 1.52. The van der Waals surface area contributed by atoms with Crippen molar-refractivity contribution in [1.29, 1.82) is 5.26 Å². The fraction of sp³-hybridized carbons (Fsp3) is 0.364. The van der Waals surface area contributed by atoms with Crippen LogP contribution >= 0.6 is 0 Å². The molecule has 88 valence electrons. The Morgan fingerprint density at radius 1 is 1.44 bits per heavy atom. The van der Waals surface area contributed by atoms with Crippen LogP contribution in [-0.4, -0.2) is 24.2 Å². The van der Waals surface area contributed by atoms with E-state index < -0.39 is 11.9 Å². The van der Waals surface area contributed by atoms with Gasteiger partial charge in [0.2, 0.25) is 0 Å². The summed E-state index contributed by atoms with van der Waals surface area (Å²) in [6.07, 6.45) is 0. The molecule has 0 aromatic heterocycles. The third kappa shape index (κ3) is 7.33. The Kier molecular flexibility index (Phi) is 8.41. The largest absolute Gasteiger partial charge is 0.478 e.